The van der Waals surface area contributed by atoms with Crippen molar-refractivity contribution in [1.29, 1.82) is 0 Å². The molecule has 0 saturated carbocycles. The van der Waals surface area contributed by atoms with Gasteiger partial charge in [0.2, 0.25) is 15.9 Å². The predicted octanol–water partition coefficient (Wildman–Crippen LogP) is 3.26. The Labute approximate surface area is 178 Å². The van der Waals surface area contributed by atoms with Crippen molar-refractivity contribution < 1.29 is 13.2 Å². The van der Waals surface area contributed by atoms with E-state index in [1.54, 1.807) is 18.7 Å². The van der Waals surface area contributed by atoms with Gasteiger partial charge in [0.1, 0.15) is 6.54 Å². The first-order valence-corrected chi connectivity index (χ1v) is 11.1. The van der Waals surface area contributed by atoms with Crippen molar-refractivity contribution >= 4 is 44.8 Å². The average Bonchev–Trinajstić information content (AvgIpc) is 3.17. The molecule has 152 valence electrons. The topological polar surface area (TPSA) is 84.3 Å². The van der Waals surface area contributed by atoms with Crippen molar-refractivity contribution in [2.24, 2.45) is 0 Å². The average molecular weight is 453 g/mol. The fourth-order valence-electron chi connectivity index (χ4n) is 2.78. The highest BCUT2D eigenvalue weighted by molar-refractivity contribution is 7.92. The third kappa shape index (κ3) is 5.50. The van der Waals surface area contributed by atoms with Gasteiger partial charge in [-0.2, -0.15) is 0 Å². The summed E-state index contributed by atoms with van der Waals surface area (Å²) < 4.78 is 27.2. The molecule has 0 atom stereocenters. The normalized spacial score (nSPS) is 11.3. The fraction of sp³-hybridized carbons (Fsp3) is 0.158. The third-order valence-electron chi connectivity index (χ3n) is 4.07. The maximum atomic E-state index is 12.5. The van der Waals surface area contributed by atoms with Crippen LogP contribution in [0.4, 0.5) is 5.69 Å². The molecule has 0 fully saturated rings. The quantitative estimate of drug-likeness (QED) is 0.595. The van der Waals surface area contributed by atoms with E-state index >= 15 is 0 Å². The fourth-order valence-corrected chi connectivity index (χ4v) is 4.13. The van der Waals surface area contributed by atoms with Gasteiger partial charge in [-0.05, 0) is 29.8 Å². The molecule has 7 nitrogen and oxygen atoms in total. The third-order valence-corrected chi connectivity index (χ3v) is 5.65. The smallest absolute Gasteiger partial charge is 0.241 e. The van der Waals surface area contributed by atoms with Gasteiger partial charge in [-0.3, -0.25) is 9.10 Å². The van der Waals surface area contributed by atoms with E-state index in [0.717, 1.165) is 21.8 Å². The van der Waals surface area contributed by atoms with Gasteiger partial charge < -0.3 is 9.88 Å². The van der Waals surface area contributed by atoms with Crippen LogP contribution in [0, 0.1) is 0 Å². The first kappa shape index (κ1) is 21.2. The molecule has 10 heteroatoms. The molecule has 0 aliphatic rings. The first-order valence-electron chi connectivity index (χ1n) is 8.51. The molecule has 2 aromatic carbocycles. The number of imidazole rings is 1. The van der Waals surface area contributed by atoms with Crippen LogP contribution >= 0.6 is 23.2 Å². The maximum absolute atomic E-state index is 12.5. The van der Waals surface area contributed by atoms with Gasteiger partial charge in [0, 0.05) is 29.0 Å². The van der Waals surface area contributed by atoms with Crippen molar-refractivity contribution in [3.05, 3.63) is 76.8 Å². The Balaban J connectivity index is 1.75. The number of anilines is 1. The molecular formula is C19H18Cl2N4O3S. The highest BCUT2D eigenvalue weighted by Crippen LogP contribution is 2.26. The molecule has 1 amide bonds. The molecule has 29 heavy (non-hydrogen) atoms. The highest BCUT2D eigenvalue weighted by atomic mass is 35.5. The van der Waals surface area contributed by atoms with Gasteiger partial charge in [0.15, 0.2) is 0 Å². The molecule has 0 unspecified atom stereocenters. The number of carbonyl (C=O) groups is 1. The van der Waals surface area contributed by atoms with Gasteiger partial charge in [-0.25, -0.2) is 13.4 Å². The van der Waals surface area contributed by atoms with Crippen molar-refractivity contribution in [2.45, 2.75) is 6.54 Å². The number of halogens is 2. The lowest BCUT2D eigenvalue weighted by molar-refractivity contribution is -0.119. The molecule has 0 aliphatic heterocycles. The standard InChI is InChI=1S/C19H18Cl2N4O3S/c1-29(27,28)25(17-9-15(20)8-16(21)10-17)12-19(26)23-11-14-4-2-3-5-18(14)24-7-6-22-13-24/h2-10,13H,11-12H2,1H3,(H,23,26). The number of rotatable bonds is 7. The van der Waals surface area contributed by atoms with Crippen LogP contribution in [-0.4, -0.2) is 36.7 Å². The molecule has 1 aromatic heterocycles. The number of benzene rings is 2. The second-order valence-electron chi connectivity index (χ2n) is 6.27. The summed E-state index contributed by atoms with van der Waals surface area (Å²) >= 11 is 11.9. The zero-order valence-corrected chi connectivity index (χ0v) is 17.7. The Morgan fingerprint density at radius 2 is 1.86 bits per heavy atom. The number of sulfonamides is 1. The lowest BCUT2D eigenvalue weighted by Crippen LogP contribution is -2.40. The van der Waals surface area contributed by atoms with Crippen LogP contribution < -0.4 is 9.62 Å². The SMILES string of the molecule is CS(=O)(=O)N(CC(=O)NCc1ccccc1-n1ccnc1)c1cc(Cl)cc(Cl)c1. The van der Waals surface area contributed by atoms with Crippen molar-refractivity contribution in [3.8, 4) is 5.69 Å². The van der Waals surface area contributed by atoms with Gasteiger partial charge in [0.25, 0.3) is 0 Å². The van der Waals surface area contributed by atoms with Gasteiger partial charge in [0.05, 0.1) is 24.0 Å². The maximum Gasteiger partial charge on any atom is 0.241 e. The number of para-hydroxylation sites is 1. The molecule has 0 bridgehead atoms. The lowest BCUT2D eigenvalue weighted by atomic mass is 10.1. The lowest BCUT2D eigenvalue weighted by Gasteiger charge is -2.22. The van der Waals surface area contributed by atoms with Crippen LogP contribution in [0.25, 0.3) is 5.69 Å². The number of amides is 1. The largest absolute Gasteiger partial charge is 0.350 e. The Morgan fingerprint density at radius 1 is 1.17 bits per heavy atom. The van der Waals surface area contributed by atoms with Crippen LogP contribution in [0.5, 0.6) is 0 Å². The minimum Gasteiger partial charge on any atom is -0.350 e. The highest BCUT2D eigenvalue weighted by Gasteiger charge is 2.21. The number of hydrogen-bond donors (Lipinski definition) is 1. The van der Waals surface area contributed by atoms with E-state index in [0.29, 0.717) is 0 Å². The summed E-state index contributed by atoms with van der Waals surface area (Å²) in [6.07, 6.45) is 6.14. The van der Waals surface area contributed by atoms with Crippen LogP contribution in [0.15, 0.2) is 61.2 Å². The minimum atomic E-state index is -3.73. The van der Waals surface area contributed by atoms with E-state index in [-0.39, 0.29) is 22.3 Å². The summed E-state index contributed by atoms with van der Waals surface area (Å²) in [6.45, 7) is -0.177. The van der Waals surface area contributed by atoms with Crippen LogP contribution in [0.2, 0.25) is 10.0 Å². The monoisotopic (exact) mass is 452 g/mol. The number of aromatic nitrogens is 2. The summed E-state index contributed by atoms with van der Waals surface area (Å²) in [5.74, 6) is -0.466. The Hall–Kier alpha value is -2.55. The van der Waals surface area contributed by atoms with Crippen LogP contribution in [0.1, 0.15) is 5.56 Å². The molecule has 1 heterocycles. The van der Waals surface area contributed by atoms with Crippen molar-refractivity contribution in [2.75, 3.05) is 17.1 Å². The second kappa shape index (κ2) is 8.86. The van der Waals surface area contributed by atoms with Crippen LogP contribution in [-0.2, 0) is 21.4 Å². The summed E-state index contributed by atoms with van der Waals surface area (Å²) in [7, 11) is -3.73. The molecule has 1 N–H and O–H groups in total. The van der Waals surface area contributed by atoms with E-state index < -0.39 is 22.5 Å². The number of nitrogens with zero attached hydrogens (tertiary/aromatic N) is 3. The summed E-state index contributed by atoms with van der Waals surface area (Å²) in [6, 6.07) is 11.9. The Bertz CT molecular complexity index is 1100. The Kier molecular flexibility index (Phi) is 6.46. The number of hydrogen-bond acceptors (Lipinski definition) is 4. The van der Waals surface area contributed by atoms with E-state index in [2.05, 4.69) is 10.3 Å². The van der Waals surface area contributed by atoms with E-state index in [1.165, 1.54) is 18.2 Å². The minimum absolute atomic E-state index is 0.221. The van der Waals surface area contributed by atoms with E-state index in [1.807, 2.05) is 28.8 Å². The molecule has 0 radical (unpaired) electrons. The molecule has 3 aromatic rings. The molecular weight excluding hydrogens is 435 g/mol. The summed E-state index contributed by atoms with van der Waals surface area (Å²) in [5, 5.41) is 3.31. The van der Waals surface area contributed by atoms with Gasteiger partial charge in [-0.1, -0.05) is 41.4 Å². The Morgan fingerprint density at radius 3 is 2.48 bits per heavy atom. The number of carbonyl (C=O) groups excluding carboxylic acids is 1. The van der Waals surface area contributed by atoms with Crippen LogP contribution in [0.3, 0.4) is 0 Å². The zero-order valence-electron chi connectivity index (χ0n) is 15.4. The summed E-state index contributed by atoms with van der Waals surface area (Å²) in [5.41, 5.74) is 1.95. The van der Waals surface area contributed by atoms with Crippen molar-refractivity contribution in [1.82, 2.24) is 14.9 Å². The number of nitrogens with one attached hydrogen (secondary N) is 1. The van der Waals surface area contributed by atoms with Gasteiger partial charge >= 0.3 is 0 Å². The van der Waals surface area contributed by atoms with E-state index in [4.69, 9.17) is 23.2 Å². The molecule has 3 rings (SSSR count). The second-order valence-corrected chi connectivity index (χ2v) is 9.05. The van der Waals surface area contributed by atoms with Gasteiger partial charge in [-0.15, -0.1) is 0 Å². The zero-order chi connectivity index (χ0) is 21.0. The molecule has 0 aliphatic carbocycles. The summed E-state index contributed by atoms with van der Waals surface area (Å²) in [4.78, 5) is 16.5. The first-order chi connectivity index (χ1) is 13.7. The predicted molar refractivity (Wildman–Crippen MR) is 114 cm³/mol. The van der Waals surface area contributed by atoms with E-state index in [9.17, 15) is 13.2 Å². The molecule has 0 saturated heterocycles. The molecule has 0 spiro atoms. The van der Waals surface area contributed by atoms with Crippen molar-refractivity contribution in [3.63, 3.8) is 0 Å².